The number of hydrogen-bond acceptors (Lipinski definition) is 4. The average molecular weight is 253 g/mol. The highest BCUT2D eigenvalue weighted by Crippen LogP contribution is 2.49. The van der Waals surface area contributed by atoms with Crippen molar-refractivity contribution in [1.82, 2.24) is 4.98 Å². The molecule has 2 fully saturated rings. The first-order valence-corrected chi connectivity index (χ1v) is 6.98. The molecule has 1 aliphatic heterocycles. The van der Waals surface area contributed by atoms with E-state index in [-0.39, 0.29) is 17.6 Å². The minimum Gasteiger partial charge on any atom is -0.345 e. The largest absolute Gasteiger partial charge is 0.345 e. The first-order chi connectivity index (χ1) is 7.88. The van der Waals surface area contributed by atoms with E-state index in [1.165, 1.54) is 9.88 Å². The van der Waals surface area contributed by atoms with E-state index in [2.05, 4.69) is 18.8 Å². The molecule has 1 saturated carbocycles. The van der Waals surface area contributed by atoms with Crippen LogP contribution in [0.1, 0.15) is 43.5 Å². The molecule has 2 heterocycles. The molecule has 0 bridgehead atoms. The van der Waals surface area contributed by atoms with Gasteiger partial charge in [0.05, 0.1) is 17.2 Å². The zero-order valence-corrected chi connectivity index (χ0v) is 11.6. The fourth-order valence-electron chi connectivity index (χ4n) is 3.03. The molecule has 0 radical (unpaired) electrons. The van der Waals surface area contributed by atoms with E-state index in [4.69, 9.17) is 9.47 Å². The summed E-state index contributed by atoms with van der Waals surface area (Å²) in [6.07, 6.45) is 4.48. The van der Waals surface area contributed by atoms with E-state index in [0.717, 1.165) is 12.8 Å². The summed E-state index contributed by atoms with van der Waals surface area (Å²) < 4.78 is 11.9. The lowest BCUT2D eigenvalue weighted by atomic mass is 9.89. The van der Waals surface area contributed by atoms with Crippen LogP contribution in [0.3, 0.4) is 0 Å². The summed E-state index contributed by atoms with van der Waals surface area (Å²) in [5.74, 6) is -0.407. The molecule has 0 amide bonds. The standard InChI is InChI=1S/C13H19NO2S/c1-8-7-14-11(17-8)13(4)5-9-10(6-13)16-12(2,3)15-9/h7,9-10H,5-6H2,1-4H3/t9-,10+,13?. The summed E-state index contributed by atoms with van der Waals surface area (Å²) in [6.45, 7) is 8.38. The van der Waals surface area contributed by atoms with Crippen LogP contribution in [0, 0.1) is 6.92 Å². The van der Waals surface area contributed by atoms with Gasteiger partial charge in [-0.25, -0.2) is 4.98 Å². The van der Waals surface area contributed by atoms with Gasteiger partial charge in [-0.05, 0) is 33.6 Å². The Hall–Kier alpha value is -0.450. The van der Waals surface area contributed by atoms with Gasteiger partial charge < -0.3 is 9.47 Å². The summed E-state index contributed by atoms with van der Waals surface area (Å²) in [5.41, 5.74) is 0.130. The number of nitrogens with zero attached hydrogens (tertiary/aromatic N) is 1. The Kier molecular flexibility index (Phi) is 2.41. The van der Waals surface area contributed by atoms with Gasteiger partial charge in [-0.2, -0.15) is 0 Å². The highest BCUT2D eigenvalue weighted by Gasteiger charge is 2.53. The van der Waals surface area contributed by atoms with E-state index in [1.807, 2.05) is 20.0 Å². The number of aromatic nitrogens is 1. The number of aryl methyl sites for hydroxylation is 1. The highest BCUT2D eigenvalue weighted by atomic mass is 32.1. The van der Waals surface area contributed by atoms with Crippen molar-refractivity contribution in [1.29, 1.82) is 0 Å². The highest BCUT2D eigenvalue weighted by molar-refractivity contribution is 7.11. The molecule has 0 N–H and O–H groups in total. The zero-order chi connectivity index (χ0) is 12.3. The van der Waals surface area contributed by atoms with Crippen molar-refractivity contribution in [3.05, 3.63) is 16.1 Å². The monoisotopic (exact) mass is 253 g/mol. The summed E-state index contributed by atoms with van der Waals surface area (Å²) in [4.78, 5) is 5.82. The first kappa shape index (κ1) is 11.6. The van der Waals surface area contributed by atoms with Crippen molar-refractivity contribution < 1.29 is 9.47 Å². The van der Waals surface area contributed by atoms with Gasteiger partial charge in [-0.1, -0.05) is 6.92 Å². The molecule has 1 aliphatic carbocycles. The Morgan fingerprint density at radius 1 is 1.24 bits per heavy atom. The van der Waals surface area contributed by atoms with Crippen LogP contribution >= 0.6 is 11.3 Å². The maximum Gasteiger partial charge on any atom is 0.163 e. The predicted octanol–water partition coefficient (Wildman–Crippen LogP) is 3.02. The molecule has 0 aromatic carbocycles. The van der Waals surface area contributed by atoms with Crippen LogP contribution < -0.4 is 0 Å². The first-order valence-electron chi connectivity index (χ1n) is 6.17. The molecule has 0 spiro atoms. The molecule has 94 valence electrons. The Bertz CT molecular complexity index is 424. The van der Waals surface area contributed by atoms with Crippen LogP contribution in [0.5, 0.6) is 0 Å². The predicted molar refractivity (Wildman–Crippen MR) is 67.3 cm³/mol. The molecule has 3 rings (SSSR count). The van der Waals surface area contributed by atoms with E-state index < -0.39 is 5.79 Å². The average Bonchev–Trinajstić information content (AvgIpc) is 2.77. The van der Waals surface area contributed by atoms with Gasteiger partial charge in [0.2, 0.25) is 0 Å². The maximum absolute atomic E-state index is 5.95. The van der Waals surface area contributed by atoms with Crippen LogP contribution in [0.15, 0.2) is 6.20 Å². The molecule has 2 aliphatic rings. The number of hydrogen-bond donors (Lipinski definition) is 0. The minimum absolute atomic E-state index is 0.130. The lowest BCUT2D eigenvalue weighted by molar-refractivity contribution is -0.154. The summed E-state index contributed by atoms with van der Waals surface area (Å²) in [7, 11) is 0. The molecule has 1 saturated heterocycles. The fourth-order valence-corrected chi connectivity index (χ4v) is 3.96. The van der Waals surface area contributed by atoms with Crippen molar-refractivity contribution in [2.75, 3.05) is 0 Å². The van der Waals surface area contributed by atoms with Crippen molar-refractivity contribution in [2.45, 2.75) is 63.9 Å². The van der Waals surface area contributed by atoms with Gasteiger partial charge in [-0.3, -0.25) is 0 Å². The number of thiazole rings is 1. The smallest absolute Gasteiger partial charge is 0.163 e. The Balaban J connectivity index is 1.82. The normalized spacial score (nSPS) is 39.5. The van der Waals surface area contributed by atoms with Gasteiger partial charge in [0.1, 0.15) is 0 Å². The van der Waals surface area contributed by atoms with E-state index in [0.29, 0.717) is 0 Å². The van der Waals surface area contributed by atoms with Crippen LogP contribution in [0.4, 0.5) is 0 Å². The van der Waals surface area contributed by atoms with Crippen LogP contribution in [0.2, 0.25) is 0 Å². The number of ether oxygens (including phenoxy) is 2. The molecular weight excluding hydrogens is 234 g/mol. The van der Waals surface area contributed by atoms with Gasteiger partial charge in [-0.15, -0.1) is 11.3 Å². The third-order valence-corrected chi connectivity index (χ3v) is 4.94. The fraction of sp³-hybridized carbons (Fsp3) is 0.769. The van der Waals surface area contributed by atoms with E-state index in [9.17, 15) is 0 Å². The second-order valence-corrected chi connectivity index (χ2v) is 7.19. The molecule has 3 nitrogen and oxygen atoms in total. The molecule has 4 heteroatoms. The summed E-state index contributed by atoms with van der Waals surface area (Å²) in [5, 5.41) is 1.23. The van der Waals surface area contributed by atoms with Crippen LogP contribution in [-0.4, -0.2) is 23.0 Å². The molecular formula is C13H19NO2S. The number of rotatable bonds is 1. The van der Waals surface area contributed by atoms with Crippen LogP contribution in [0.25, 0.3) is 0 Å². The maximum atomic E-state index is 5.95. The molecule has 1 aromatic rings. The van der Waals surface area contributed by atoms with Gasteiger partial charge >= 0.3 is 0 Å². The van der Waals surface area contributed by atoms with Crippen LogP contribution in [-0.2, 0) is 14.9 Å². The SMILES string of the molecule is Cc1cnc(C2(C)C[C@@H]3OC(C)(C)O[C@@H]3C2)s1. The second kappa shape index (κ2) is 3.53. The second-order valence-electron chi connectivity index (χ2n) is 5.96. The zero-order valence-electron chi connectivity index (χ0n) is 10.8. The lowest BCUT2D eigenvalue weighted by Gasteiger charge is -2.25. The van der Waals surface area contributed by atoms with E-state index in [1.54, 1.807) is 11.3 Å². The minimum atomic E-state index is -0.407. The number of fused-ring (bicyclic) bond motifs is 1. The summed E-state index contributed by atoms with van der Waals surface area (Å²) in [6, 6.07) is 0. The Labute approximate surface area is 106 Å². The Morgan fingerprint density at radius 3 is 2.29 bits per heavy atom. The van der Waals surface area contributed by atoms with Crippen molar-refractivity contribution >= 4 is 11.3 Å². The molecule has 1 aromatic heterocycles. The van der Waals surface area contributed by atoms with Crippen molar-refractivity contribution in [3.8, 4) is 0 Å². The lowest BCUT2D eigenvalue weighted by Crippen LogP contribution is -2.27. The van der Waals surface area contributed by atoms with Crippen molar-refractivity contribution in [2.24, 2.45) is 0 Å². The molecule has 1 unspecified atom stereocenters. The van der Waals surface area contributed by atoms with Gasteiger partial charge in [0.15, 0.2) is 5.79 Å². The molecule has 3 atom stereocenters. The molecule has 17 heavy (non-hydrogen) atoms. The van der Waals surface area contributed by atoms with E-state index >= 15 is 0 Å². The third kappa shape index (κ3) is 1.92. The topological polar surface area (TPSA) is 31.4 Å². The summed E-state index contributed by atoms with van der Waals surface area (Å²) >= 11 is 1.80. The van der Waals surface area contributed by atoms with Crippen molar-refractivity contribution in [3.63, 3.8) is 0 Å². The third-order valence-electron chi connectivity index (χ3n) is 3.73. The quantitative estimate of drug-likeness (QED) is 0.771. The van der Waals surface area contributed by atoms with Gasteiger partial charge in [0.25, 0.3) is 0 Å². The Morgan fingerprint density at radius 2 is 1.82 bits per heavy atom. The van der Waals surface area contributed by atoms with Gasteiger partial charge in [0, 0.05) is 16.5 Å².